The summed E-state index contributed by atoms with van der Waals surface area (Å²) in [5, 5.41) is 14.6. The van der Waals surface area contributed by atoms with Gasteiger partial charge in [-0.2, -0.15) is 0 Å². The lowest BCUT2D eigenvalue weighted by Gasteiger charge is -2.17. The number of carbonyl (C=O) groups is 1. The van der Waals surface area contributed by atoms with Gasteiger partial charge in [0, 0.05) is 18.0 Å². The van der Waals surface area contributed by atoms with Crippen molar-refractivity contribution in [3.05, 3.63) is 42.0 Å². The topological polar surface area (TPSA) is 121 Å². The summed E-state index contributed by atoms with van der Waals surface area (Å²) in [5.74, 6) is 5.15. The summed E-state index contributed by atoms with van der Waals surface area (Å²) in [6, 6.07) is 5.63. The molecule has 2 aromatic rings. The summed E-state index contributed by atoms with van der Waals surface area (Å²) in [6.07, 6.45) is 3.45. The van der Waals surface area contributed by atoms with Crippen LogP contribution in [0.5, 0.6) is 0 Å². The van der Waals surface area contributed by atoms with Gasteiger partial charge in [-0.15, -0.1) is 0 Å². The summed E-state index contributed by atoms with van der Waals surface area (Å²) in [4.78, 5) is 22.3. The molecule has 1 amide bonds. The molecule has 1 aromatic heterocycles. The number of aryl methyl sites for hydroxylation is 1. The quantitative estimate of drug-likeness (QED) is 0.275. The number of carbonyl (C=O) groups excluding carboxylic acids is 1. The molecule has 0 aliphatic carbocycles. The molecule has 0 bridgehead atoms. The Hall–Kier alpha value is -3.16. The fourth-order valence-electron chi connectivity index (χ4n) is 2.78. The lowest BCUT2D eigenvalue weighted by atomic mass is 9.85. The van der Waals surface area contributed by atoms with Crippen LogP contribution in [0.15, 0.2) is 40.9 Å². The maximum atomic E-state index is 12.7. The van der Waals surface area contributed by atoms with Crippen molar-refractivity contribution in [3.63, 3.8) is 0 Å². The molecule has 0 spiro atoms. The Morgan fingerprint density at radius 1 is 1.25 bits per heavy atom. The van der Waals surface area contributed by atoms with Crippen LogP contribution in [-0.4, -0.2) is 21.8 Å². The minimum atomic E-state index is -0.756. The van der Waals surface area contributed by atoms with Gasteiger partial charge < -0.3 is 5.84 Å². The van der Waals surface area contributed by atoms with Crippen molar-refractivity contribution in [3.8, 4) is 11.1 Å². The first-order chi connectivity index (χ1) is 11.4. The van der Waals surface area contributed by atoms with Crippen molar-refractivity contribution < 1.29 is 4.79 Å². The first-order valence-electron chi connectivity index (χ1n) is 7.34. The van der Waals surface area contributed by atoms with E-state index in [-0.39, 0.29) is 11.9 Å². The third-order valence-electron chi connectivity index (χ3n) is 4.13. The third-order valence-corrected chi connectivity index (χ3v) is 4.13. The number of anilines is 1. The third kappa shape index (κ3) is 2.32. The fourth-order valence-corrected chi connectivity index (χ4v) is 2.78. The Bertz CT molecular complexity index is 855. The second-order valence-corrected chi connectivity index (χ2v) is 6.06. The van der Waals surface area contributed by atoms with Gasteiger partial charge in [0.25, 0.3) is 5.96 Å². The first kappa shape index (κ1) is 15.7. The van der Waals surface area contributed by atoms with Crippen molar-refractivity contribution in [2.75, 3.05) is 4.90 Å². The van der Waals surface area contributed by atoms with E-state index in [1.54, 1.807) is 12.4 Å². The molecule has 0 saturated heterocycles. The molecule has 1 aliphatic rings. The molecule has 8 nitrogen and oxygen atoms in total. The molecule has 2 heterocycles. The number of nitrogens with one attached hydrogen (secondary N) is 1. The maximum absolute atomic E-state index is 12.7. The zero-order valence-corrected chi connectivity index (χ0v) is 13.6. The normalized spacial score (nSPS) is 15.8. The van der Waals surface area contributed by atoms with Crippen molar-refractivity contribution in [2.24, 2.45) is 16.2 Å². The van der Waals surface area contributed by atoms with Crippen LogP contribution in [0.2, 0.25) is 0 Å². The molecular weight excluding hydrogens is 306 g/mol. The molecule has 1 aromatic carbocycles. The van der Waals surface area contributed by atoms with Crippen molar-refractivity contribution in [2.45, 2.75) is 26.2 Å². The summed E-state index contributed by atoms with van der Waals surface area (Å²) >= 11 is 0. The van der Waals surface area contributed by atoms with E-state index in [1.165, 1.54) is 4.90 Å². The van der Waals surface area contributed by atoms with Crippen LogP contribution in [0, 0.1) is 12.3 Å². The number of hydrogen-bond donors (Lipinski definition) is 2. The van der Waals surface area contributed by atoms with Gasteiger partial charge in [-0.05, 0) is 38.0 Å². The lowest BCUT2D eigenvalue weighted by Crippen LogP contribution is -2.39. The summed E-state index contributed by atoms with van der Waals surface area (Å²) in [6.45, 7) is 5.44. The Balaban J connectivity index is 2.14. The molecule has 0 radical (unpaired) electrons. The number of nitrogens with two attached hydrogens (primary N) is 1. The zero-order valence-electron chi connectivity index (χ0n) is 13.6. The monoisotopic (exact) mass is 323 g/mol. The molecule has 3 N–H and O–H groups in total. The Kier molecular flexibility index (Phi) is 3.59. The van der Waals surface area contributed by atoms with Gasteiger partial charge >= 0.3 is 0 Å². The molecule has 122 valence electrons. The SMILES string of the molecule is Cc1ncc(-c2ccc3c(c2)N(C(=N)/N=N\N)C(=O)C3(C)C)cn1. The van der Waals surface area contributed by atoms with Gasteiger partial charge in [0.1, 0.15) is 5.82 Å². The molecule has 8 heteroatoms. The molecule has 24 heavy (non-hydrogen) atoms. The van der Waals surface area contributed by atoms with Crippen LogP contribution in [0.4, 0.5) is 5.69 Å². The number of amides is 1. The number of hydrogen-bond acceptors (Lipinski definition) is 5. The van der Waals surface area contributed by atoms with Crippen LogP contribution in [0.3, 0.4) is 0 Å². The number of aromatic nitrogens is 2. The van der Waals surface area contributed by atoms with Gasteiger partial charge in [-0.25, -0.2) is 14.9 Å². The predicted octanol–water partition coefficient (Wildman–Crippen LogP) is 2.34. The van der Waals surface area contributed by atoms with Gasteiger partial charge in [-0.1, -0.05) is 22.5 Å². The molecular formula is C16H17N7O. The van der Waals surface area contributed by atoms with Crippen molar-refractivity contribution in [1.29, 1.82) is 5.41 Å². The molecule has 1 aliphatic heterocycles. The highest BCUT2D eigenvalue weighted by atomic mass is 16.2. The number of guanidine groups is 1. The van der Waals surface area contributed by atoms with Crippen LogP contribution in [0.1, 0.15) is 25.2 Å². The van der Waals surface area contributed by atoms with Crippen LogP contribution in [0.25, 0.3) is 11.1 Å². The number of fused-ring (bicyclic) bond motifs is 1. The average Bonchev–Trinajstić information content (AvgIpc) is 2.75. The largest absolute Gasteiger partial charge is 0.304 e. The van der Waals surface area contributed by atoms with Gasteiger partial charge in [0.05, 0.1) is 11.1 Å². The molecule has 0 unspecified atom stereocenters. The van der Waals surface area contributed by atoms with Gasteiger partial charge in [0.2, 0.25) is 5.91 Å². The first-order valence-corrected chi connectivity index (χ1v) is 7.34. The van der Waals surface area contributed by atoms with E-state index in [2.05, 4.69) is 20.3 Å². The van der Waals surface area contributed by atoms with E-state index in [0.29, 0.717) is 11.5 Å². The highest BCUT2D eigenvalue weighted by Gasteiger charge is 2.45. The second kappa shape index (κ2) is 5.48. The van der Waals surface area contributed by atoms with Gasteiger partial charge in [-0.3, -0.25) is 10.2 Å². The van der Waals surface area contributed by atoms with Crippen LogP contribution >= 0.6 is 0 Å². The number of rotatable bonds is 1. The predicted molar refractivity (Wildman–Crippen MR) is 89.5 cm³/mol. The smallest absolute Gasteiger partial charge is 0.251 e. The summed E-state index contributed by atoms with van der Waals surface area (Å²) < 4.78 is 0. The van der Waals surface area contributed by atoms with Crippen LogP contribution in [-0.2, 0) is 10.2 Å². The van der Waals surface area contributed by atoms with E-state index in [4.69, 9.17) is 11.3 Å². The van der Waals surface area contributed by atoms with Crippen LogP contribution < -0.4 is 10.7 Å². The molecule has 0 fully saturated rings. The Labute approximate surface area is 138 Å². The number of nitrogens with zero attached hydrogens (tertiary/aromatic N) is 5. The second-order valence-electron chi connectivity index (χ2n) is 6.06. The lowest BCUT2D eigenvalue weighted by molar-refractivity contribution is -0.121. The van der Waals surface area contributed by atoms with E-state index in [9.17, 15) is 4.79 Å². The molecule has 0 atom stereocenters. The minimum absolute atomic E-state index is 0.243. The molecule has 3 rings (SSSR count). The van der Waals surface area contributed by atoms with Crippen molar-refractivity contribution in [1.82, 2.24) is 9.97 Å². The summed E-state index contributed by atoms with van der Waals surface area (Å²) in [7, 11) is 0. The molecule has 0 saturated carbocycles. The van der Waals surface area contributed by atoms with Gasteiger partial charge in [0.15, 0.2) is 0 Å². The Morgan fingerprint density at radius 3 is 2.54 bits per heavy atom. The minimum Gasteiger partial charge on any atom is -0.304 e. The van der Waals surface area contributed by atoms with E-state index in [0.717, 1.165) is 16.7 Å². The van der Waals surface area contributed by atoms with E-state index < -0.39 is 5.41 Å². The highest BCUT2D eigenvalue weighted by molar-refractivity contribution is 6.23. The maximum Gasteiger partial charge on any atom is 0.251 e. The fraction of sp³-hybridized carbons (Fsp3) is 0.250. The number of benzene rings is 1. The average molecular weight is 323 g/mol. The van der Waals surface area contributed by atoms with E-state index in [1.807, 2.05) is 39.0 Å². The van der Waals surface area contributed by atoms with E-state index >= 15 is 0 Å². The zero-order chi connectivity index (χ0) is 17.5. The Morgan fingerprint density at radius 2 is 1.92 bits per heavy atom. The highest BCUT2D eigenvalue weighted by Crippen LogP contribution is 2.43. The van der Waals surface area contributed by atoms with Crippen molar-refractivity contribution >= 4 is 17.6 Å². The summed E-state index contributed by atoms with van der Waals surface area (Å²) in [5.41, 5.74) is 2.34. The standard InChI is InChI=1S/C16H17N7O/c1-9-19-7-11(8-20-9)10-4-5-12-13(6-10)23(15(17)21-22-18)14(24)16(12,2)3/h4-8H,1-3H3,(H3,17,18,21).